The van der Waals surface area contributed by atoms with E-state index in [0.29, 0.717) is 11.1 Å². The van der Waals surface area contributed by atoms with Crippen LogP contribution in [-0.2, 0) is 19.1 Å². The summed E-state index contributed by atoms with van der Waals surface area (Å²) in [6, 6.07) is 6.49. The largest absolute Gasteiger partial charge is 0.417 e. The Morgan fingerprint density at radius 1 is 1.31 bits per heavy atom. The number of nitrogens with zero attached hydrogens (tertiary/aromatic N) is 3. The molecule has 1 aromatic rings. The molecule has 1 aromatic carbocycles. The Balaban J connectivity index is 1.25. The van der Waals surface area contributed by atoms with Gasteiger partial charge in [-0.15, -0.1) is 11.8 Å². The number of hydrogen-bond acceptors (Lipinski definition) is 10. The van der Waals surface area contributed by atoms with E-state index in [2.05, 4.69) is 9.89 Å². The third-order valence-corrected chi connectivity index (χ3v) is 9.63. The monoisotopic (exact) mass is 515 g/mol. The highest BCUT2D eigenvalue weighted by atomic mass is 32.2. The smallest absolute Gasteiger partial charge is 0.359 e. The number of thioether (sulfide) groups is 2. The second-order valence-electron chi connectivity index (χ2n) is 9.35. The van der Waals surface area contributed by atoms with Crippen molar-refractivity contribution in [3.8, 4) is 0 Å². The predicted octanol–water partition coefficient (Wildman–Crippen LogP) is 1.99. The van der Waals surface area contributed by atoms with Crippen molar-refractivity contribution in [2.45, 2.75) is 37.5 Å². The molecule has 5 atom stereocenters. The first-order valence-electron chi connectivity index (χ1n) is 11.7. The van der Waals surface area contributed by atoms with Crippen LogP contribution in [0.3, 0.4) is 0 Å². The minimum absolute atomic E-state index is 0.120. The van der Waals surface area contributed by atoms with Crippen molar-refractivity contribution < 1.29 is 29.0 Å². The second kappa shape index (κ2) is 8.56. The number of likely N-dealkylation sites (tertiary alicyclic amines) is 1. The van der Waals surface area contributed by atoms with Gasteiger partial charge in [-0.1, -0.05) is 36.9 Å². The highest BCUT2D eigenvalue weighted by molar-refractivity contribution is 8.14. The Kier molecular flexibility index (Phi) is 5.61. The molecule has 9 nitrogen and oxygen atoms in total. The maximum Gasteiger partial charge on any atom is 0.359 e. The summed E-state index contributed by atoms with van der Waals surface area (Å²) in [7, 11) is 0. The standard InChI is InChI=1S/C24H25N3O6S2/c1-11-17-16(12(2)28)20(29)27(17)18(19(11)35-13-9-26(10-13)24-25-7-8-34-24)22(31)33-23-15-6-4-3-5-14(15)21(30)32-23/h3-6,11-13,16-17,23,28H,7-10H2,1-2H3/t11-,12-,16-,17-,23?/m1/s1. The van der Waals surface area contributed by atoms with E-state index in [4.69, 9.17) is 9.47 Å². The minimum Gasteiger partial charge on any atom is -0.417 e. The third-order valence-electron chi connectivity index (χ3n) is 7.15. The molecule has 184 valence electrons. The van der Waals surface area contributed by atoms with Crippen LogP contribution < -0.4 is 0 Å². The van der Waals surface area contributed by atoms with Crippen molar-refractivity contribution in [2.75, 3.05) is 25.4 Å². The van der Waals surface area contributed by atoms with Gasteiger partial charge in [0.15, 0.2) is 5.17 Å². The maximum absolute atomic E-state index is 13.5. The van der Waals surface area contributed by atoms with Gasteiger partial charge in [0.2, 0.25) is 5.91 Å². The number of rotatable bonds is 5. The fourth-order valence-corrected chi connectivity index (χ4v) is 7.78. The van der Waals surface area contributed by atoms with Gasteiger partial charge in [-0.3, -0.25) is 9.79 Å². The number of benzene rings is 1. The number of esters is 2. The van der Waals surface area contributed by atoms with Gasteiger partial charge in [-0.25, -0.2) is 9.59 Å². The van der Waals surface area contributed by atoms with Crippen molar-refractivity contribution in [3.63, 3.8) is 0 Å². The Labute approximate surface area is 210 Å². The number of cyclic esters (lactones) is 1. The Bertz CT molecular complexity index is 1180. The molecule has 11 heteroatoms. The van der Waals surface area contributed by atoms with Gasteiger partial charge < -0.3 is 24.4 Å². The first-order valence-corrected chi connectivity index (χ1v) is 13.6. The average Bonchev–Trinajstić information content (AvgIpc) is 3.48. The van der Waals surface area contributed by atoms with Crippen LogP contribution in [0.2, 0.25) is 0 Å². The molecular formula is C24H25N3O6S2. The van der Waals surface area contributed by atoms with Crippen LogP contribution in [0, 0.1) is 11.8 Å². The summed E-state index contributed by atoms with van der Waals surface area (Å²) in [4.78, 5) is 47.7. The van der Waals surface area contributed by atoms with E-state index in [1.54, 1.807) is 54.7 Å². The maximum atomic E-state index is 13.5. The summed E-state index contributed by atoms with van der Waals surface area (Å²) in [5.41, 5.74) is 1.06. The van der Waals surface area contributed by atoms with E-state index in [1.807, 2.05) is 6.92 Å². The zero-order valence-electron chi connectivity index (χ0n) is 19.2. The number of amides is 1. The summed E-state index contributed by atoms with van der Waals surface area (Å²) in [5, 5.41) is 11.5. The van der Waals surface area contributed by atoms with Crippen molar-refractivity contribution in [2.24, 2.45) is 16.8 Å². The van der Waals surface area contributed by atoms with Gasteiger partial charge >= 0.3 is 11.9 Å². The van der Waals surface area contributed by atoms with E-state index in [-0.39, 0.29) is 28.8 Å². The summed E-state index contributed by atoms with van der Waals surface area (Å²) < 4.78 is 11.0. The fraction of sp³-hybridized carbons (Fsp3) is 0.500. The number of fused-ring (bicyclic) bond motifs is 2. The van der Waals surface area contributed by atoms with Crippen LogP contribution in [0.5, 0.6) is 0 Å². The quantitative estimate of drug-likeness (QED) is 0.465. The van der Waals surface area contributed by atoms with Crippen LogP contribution >= 0.6 is 23.5 Å². The Hall–Kier alpha value is -2.50. The van der Waals surface area contributed by atoms with E-state index in [0.717, 1.165) is 35.5 Å². The molecule has 0 radical (unpaired) electrons. The SMILES string of the molecule is C[C@@H](O)[C@H]1C(=O)N2C(C(=O)OC3OC(=O)c4ccccc43)=C(SC3CN(C4=NCCS4)C3)[C@H](C)[C@H]12. The van der Waals surface area contributed by atoms with E-state index in [9.17, 15) is 19.5 Å². The first kappa shape index (κ1) is 22.9. The van der Waals surface area contributed by atoms with E-state index >= 15 is 0 Å². The van der Waals surface area contributed by atoms with Crippen molar-refractivity contribution >= 4 is 46.5 Å². The number of aliphatic hydroxyl groups is 1. The van der Waals surface area contributed by atoms with Gasteiger partial charge in [0.1, 0.15) is 5.70 Å². The lowest BCUT2D eigenvalue weighted by molar-refractivity contribution is -0.173. The highest BCUT2D eigenvalue weighted by Gasteiger charge is 2.61. The second-order valence-corrected chi connectivity index (χ2v) is 11.8. The minimum atomic E-state index is -1.15. The summed E-state index contributed by atoms with van der Waals surface area (Å²) in [5.74, 6) is -1.19. The molecule has 5 aliphatic rings. The molecule has 1 unspecified atom stereocenters. The number of aliphatic imine (C=N–C) groups is 1. The molecule has 0 spiro atoms. The van der Waals surface area contributed by atoms with Crippen LogP contribution in [0.1, 0.15) is 36.1 Å². The molecule has 2 saturated heterocycles. The van der Waals surface area contributed by atoms with Gasteiger partial charge in [-0.05, 0) is 13.0 Å². The number of hydrogen-bond donors (Lipinski definition) is 1. The molecule has 1 N–H and O–H groups in total. The molecule has 6 rings (SSSR count). The van der Waals surface area contributed by atoms with Crippen molar-refractivity contribution in [3.05, 3.63) is 46.0 Å². The predicted molar refractivity (Wildman–Crippen MR) is 130 cm³/mol. The summed E-state index contributed by atoms with van der Waals surface area (Å²) in [6.45, 7) is 6.08. The lowest BCUT2D eigenvalue weighted by atomic mass is 9.79. The number of amidine groups is 1. The number of aliphatic hydroxyl groups excluding tert-OH is 1. The van der Waals surface area contributed by atoms with Gasteiger partial charge in [0.25, 0.3) is 6.29 Å². The topological polar surface area (TPSA) is 109 Å². The van der Waals surface area contributed by atoms with Crippen molar-refractivity contribution in [1.29, 1.82) is 0 Å². The van der Waals surface area contributed by atoms with Gasteiger partial charge in [0.05, 0.1) is 30.2 Å². The summed E-state index contributed by atoms with van der Waals surface area (Å²) >= 11 is 3.36. The van der Waals surface area contributed by atoms with E-state index < -0.39 is 30.3 Å². The fourth-order valence-electron chi connectivity index (χ4n) is 5.39. The zero-order chi connectivity index (χ0) is 24.4. The lowest BCUT2D eigenvalue weighted by Gasteiger charge is -2.46. The lowest BCUT2D eigenvalue weighted by Crippen LogP contribution is -2.63. The molecule has 0 bridgehead atoms. The molecule has 5 aliphatic heterocycles. The molecule has 0 aromatic heterocycles. The van der Waals surface area contributed by atoms with Gasteiger partial charge in [-0.2, -0.15) is 0 Å². The van der Waals surface area contributed by atoms with Crippen molar-refractivity contribution in [1.82, 2.24) is 9.80 Å². The van der Waals surface area contributed by atoms with Crippen LogP contribution in [0.15, 0.2) is 39.9 Å². The number of β-lactam (4-membered cyclic amide) rings is 1. The molecule has 1 amide bonds. The molecular weight excluding hydrogens is 490 g/mol. The number of ether oxygens (including phenoxy) is 2. The molecule has 0 aliphatic carbocycles. The number of carbonyl (C=O) groups is 3. The van der Waals surface area contributed by atoms with Crippen LogP contribution in [0.25, 0.3) is 0 Å². The molecule has 35 heavy (non-hydrogen) atoms. The highest BCUT2D eigenvalue weighted by Crippen LogP contribution is 2.52. The van der Waals surface area contributed by atoms with Crippen LogP contribution in [-0.4, -0.2) is 80.7 Å². The molecule has 2 fully saturated rings. The third kappa shape index (κ3) is 3.58. The average molecular weight is 516 g/mol. The summed E-state index contributed by atoms with van der Waals surface area (Å²) in [6.07, 6.45) is -1.97. The normalized spacial score (nSPS) is 30.4. The Morgan fingerprint density at radius 2 is 2.09 bits per heavy atom. The molecule has 5 heterocycles. The first-order chi connectivity index (χ1) is 16.8. The zero-order valence-corrected chi connectivity index (χ0v) is 20.9. The molecule has 0 saturated carbocycles. The number of carbonyl (C=O) groups excluding carboxylic acids is 3. The van der Waals surface area contributed by atoms with E-state index in [1.165, 1.54) is 4.90 Å². The van der Waals surface area contributed by atoms with Gasteiger partial charge in [0, 0.05) is 40.5 Å². The van der Waals surface area contributed by atoms with Crippen LogP contribution in [0.4, 0.5) is 0 Å². The Morgan fingerprint density at radius 3 is 2.80 bits per heavy atom.